The summed E-state index contributed by atoms with van der Waals surface area (Å²) >= 11 is 3.18. The fraction of sp³-hybridized carbons (Fsp3) is 0.133. The topological polar surface area (TPSA) is 60.4 Å². The summed E-state index contributed by atoms with van der Waals surface area (Å²) in [6.45, 7) is 1.45. The number of ether oxygens (including phenoxy) is 1. The fourth-order valence-corrected chi connectivity index (χ4v) is 2.19. The highest BCUT2D eigenvalue weighted by atomic mass is 79.9. The molecule has 0 bridgehead atoms. The molecule has 1 aliphatic heterocycles. The number of cyclic esters (lactones) is 1. The van der Waals surface area contributed by atoms with Crippen LogP contribution in [-0.4, -0.2) is 17.5 Å². The number of hydrogen-bond acceptors (Lipinski definition) is 4. The van der Waals surface area contributed by atoms with E-state index in [4.69, 9.17) is 4.74 Å². The highest BCUT2D eigenvalue weighted by molar-refractivity contribution is 9.10. The monoisotopic (exact) mass is 352 g/mol. The summed E-state index contributed by atoms with van der Waals surface area (Å²) in [7, 11) is 0. The SMILES string of the molecule is CC1=CC(=O)C(C(=O)C=Cc2cc(Br)ccc2F)C(=O)O1. The second kappa shape index (κ2) is 6.13. The van der Waals surface area contributed by atoms with Crippen LogP contribution in [0.15, 0.2) is 40.6 Å². The van der Waals surface area contributed by atoms with E-state index in [1.54, 1.807) is 0 Å². The molecule has 1 aromatic rings. The Morgan fingerprint density at radius 2 is 2.10 bits per heavy atom. The number of carbonyl (C=O) groups is 3. The van der Waals surface area contributed by atoms with E-state index in [-0.39, 0.29) is 11.3 Å². The number of rotatable bonds is 3. The number of allylic oxidation sites excluding steroid dienone is 3. The van der Waals surface area contributed by atoms with Gasteiger partial charge in [0.25, 0.3) is 0 Å². The summed E-state index contributed by atoms with van der Waals surface area (Å²) < 4.78 is 18.9. The van der Waals surface area contributed by atoms with E-state index in [2.05, 4.69) is 15.9 Å². The van der Waals surface area contributed by atoms with E-state index >= 15 is 0 Å². The Bertz CT molecular complexity index is 691. The normalized spacial score (nSPS) is 18.6. The molecule has 21 heavy (non-hydrogen) atoms. The largest absolute Gasteiger partial charge is 0.430 e. The first-order valence-electron chi connectivity index (χ1n) is 5.99. The molecule has 4 nitrogen and oxygen atoms in total. The van der Waals surface area contributed by atoms with Gasteiger partial charge >= 0.3 is 5.97 Å². The van der Waals surface area contributed by atoms with Crippen molar-refractivity contribution >= 4 is 39.5 Å². The Morgan fingerprint density at radius 1 is 1.38 bits per heavy atom. The third-order valence-electron chi connectivity index (χ3n) is 2.80. The molecule has 0 aromatic heterocycles. The van der Waals surface area contributed by atoms with Crippen LogP contribution >= 0.6 is 15.9 Å². The molecule has 6 heteroatoms. The van der Waals surface area contributed by atoms with Crippen molar-refractivity contribution in [3.63, 3.8) is 0 Å². The maximum atomic E-state index is 13.5. The number of esters is 1. The predicted molar refractivity (Wildman–Crippen MR) is 76.5 cm³/mol. The Labute approximate surface area is 128 Å². The van der Waals surface area contributed by atoms with Gasteiger partial charge in [0.2, 0.25) is 0 Å². The standard InChI is InChI=1S/C15H10BrFO4/c1-8-6-13(19)14(15(20)21-8)12(18)5-2-9-7-10(16)3-4-11(9)17/h2-7,14H,1H3. The van der Waals surface area contributed by atoms with Gasteiger partial charge in [0.15, 0.2) is 17.5 Å². The molecule has 1 unspecified atom stereocenters. The molecule has 0 saturated carbocycles. The molecule has 1 heterocycles. The predicted octanol–water partition coefficient (Wildman–Crippen LogP) is 2.82. The molecule has 0 aliphatic carbocycles. The Balaban J connectivity index is 2.22. The highest BCUT2D eigenvalue weighted by Gasteiger charge is 2.36. The lowest BCUT2D eigenvalue weighted by Crippen LogP contribution is -2.34. The molecule has 1 aliphatic rings. The first kappa shape index (κ1) is 15.3. The van der Waals surface area contributed by atoms with Crippen molar-refractivity contribution in [1.82, 2.24) is 0 Å². The van der Waals surface area contributed by atoms with Crippen LogP contribution < -0.4 is 0 Å². The van der Waals surface area contributed by atoms with Crippen molar-refractivity contribution in [3.8, 4) is 0 Å². The average molecular weight is 353 g/mol. The fourth-order valence-electron chi connectivity index (χ4n) is 1.81. The second-order valence-electron chi connectivity index (χ2n) is 4.41. The van der Waals surface area contributed by atoms with Crippen molar-refractivity contribution in [1.29, 1.82) is 0 Å². The lowest BCUT2D eigenvalue weighted by atomic mass is 9.96. The van der Waals surface area contributed by atoms with Gasteiger partial charge < -0.3 is 4.74 Å². The zero-order chi connectivity index (χ0) is 15.6. The maximum absolute atomic E-state index is 13.5. The molecule has 108 valence electrons. The minimum absolute atomic E-state index is 0.149. The summed E-state index contributed by atoms with van der Waals surface area (Å²) in [5, 5.41) is 0. The van der Waals surface area contributed by atoms with Gasteiger partial charge in [-0.3, -0.25) is 14.4 Å². The highest BCUT2D eigenvalue weighted by Crippen LogP contribution is 2.19. The average Bonchev–Trinajstić information content (AvgIpc) is 2.38. The summed E-state index contributed by atoms with van der Waals surface area (Å²) in [6, 6.07) is 4.23. The first-order valence-corrected chi connectivity index (χ1v) is 6.78. The van der Waals surface area contributed by atoms with Gasteiger partial charge in [-0.2, -0.15) is 0 Å². The zero-order valence-corrected chi connectivity index (χ0v) is 12.5. The number of carbonyl (C=O) groups excluding carboxylic acids is 3. The molecule has 1 atom stereocenters. The first-order chi connectivity index (χ1) is 9.88. The van der Waals surface area contributed by atoms with Crippen molar-refractivity contribution in [2.24, 2.45) is 5.92 Å². The number of halogens is 2. The van der Waals surface area contributed by atoms with E-state index in [0.29, 0.717) is 4.47 Å². The number of ketones is 2. The lowest BCUT2D eigenvalue weighted by Gasteiger charge is -2.15. The summed E-state index contributed by atoms with van der Waals surface area (Å²) in [5.74, 6) is -4.17. The molecular weight excluding hydrogens is 343 g/mol. The summed E-state index contributed by atoms with van der Waals surface area (Å²) in [4.78, 5) is 35.2. The van der Waals surface area contributed by atoms with Crippen molar-refractivity contribution in [3.05, 3.63) is 52.0 Å². The van der Waals surface area contributed by atoms with Gasteiger partial charge in [-0.15, -0.1) is 0 Å². The Hall–Kier alpha value is -2.08. The van der Waals surface area contributed by atoms with Crippen LogP contribution in [0.1, 0.15) is 12.5 Å². The van der Waals surface area contributed by atoms with Gasteiger partial charge in [0.1, 0.15) is 11.6 Å². The smallest absolute Gasteiger partial charge is 0.329 e. The van der Waals surface area contributed by atoms with Crippen LogP contribution in [-0.2, 0) is 19.1 Å². The van der Waals surface area contributed by atoms with E-state index in [0.717, 1.165) is 12.2 Å². The van der Waals surface area contributed by atoms with Gasteiger partial charge in [-0.1, -0.05) is 15.9 Å². The second-order valence-corrected chi connectivity index (χ2v) is 5.33. The summed E-state index contributed by atoms with van der Waals surface area (Å²) in [5.41, 5.74) is 0.168. The van der Waals surface area contributed by atoms with E-state index in [9.17, 15) is 18.8 Å². The third kappa shape index (κ3) is 3.52. The van der Waals surface area contributed by atoms with Gasteiger partial charge in [0, 0.05) is 16.1 Å². The van der Waals surface area contributed by atoms with Gasteiger partial charge in [-0.05, 0) is 37.3 Å². The number of hydrogen-bond donors (Lipinski definition) is 0. The van der Waals surface area contributed by atoms with Gasteiger partial charge in [-0.25, -0.2) is 4.39 Å². The summed E-state index contributed by atoms with van der Waals surface area (Å²) in [6.07, 6.45) is 3.31. The Morgan fingerprint density at radius 3 is 2.76 bits per heavy atom. The molecule has 0 N–H and O–H groups in total. The van der Waals surface area contributed by atoms with Crippen LogP contribution in [0.3, 0.4) is 0 Å². The minimum atomic E-state index is -1.51. The molecule has 0 fully saturated rings. The van der Waals surface area contributed by atoms with Crippen LogP contribution in [0.4, 0.5) is 4.39 Å². The zero-order valence-electron chi connectivity index (χ0n) is 10.9. The molecule has 2 rings (SSSR count). The van der Waals surface area contributed by atoms with E-state index in [1.807, 2.05) is 0 Å². The minimum Gasteiger partial charge on any atom is -0.430 e. The van der Waals surface area contributed by atoms with Crippen LogP contribution in [0.2, 0.25) is 0 Å². The van der Waals surface area contributed by atoms with Crippen LogP contribution in [0.5, 0.6) is 0 Å². The third-order valence-corrected chi connectivity index (χ3v) is 3.29. The maximum Gasteiger partial charge on any atom is 0.329 e. The van der Waals surface area contributed by atoms with Crippen molar-refractivity contribution in [2.75, 3.05) is 0 Å². The molecule has 0 amide bonds. The van der Waals surface area contributed by atoms with Crippen molar-refractivity contribution < 1.29 is 23.5 Å². The molecule has 0 radical (unpaired) electrons. The lowest BCUT2D eigenvalue weighted by molar-refractivity contribution is -0.151. The van der Waals surface area contributed by atoms with E-state index < -0.39 is 29.3 Å². The number of benzene rings is 1. The van der Waals surface area contributed by atoms with Crippen molar-refractivity contribution in [2.45, 2.75) is 6.92 Å². The molecule has 1 aromatic carbocycles. The van der Waals surface area contributed by atoms with E-state index in [1.165, 1.54) is 31.2 Å². The Kier molecular flexibility index (Phi) is 4.47. The molecule has 0 saturated heterocycles. The molecule has 0 spiro atoms. The van der Waals surface area contributed by atoms with Crippen LogP contribution in [0, 0.1) is 11.7 Å². The quantitative estimate of drug-likeness (QED) is 0.476. The van der Waals surface area contributed by atoms with Crippen LogP contribution in [0.25, 0.3) is 6.08 Å². The van der Waals surface area contributed by atoms with Gasteiger partial charge in [0.05, 0.1) is 0 Å². The molecular formula is C15H10BrFO4.